The standard InChI is InChI=1S/C14H29NOS/c1-14(2,3)11-6-7-12(15)13(10-11)17-9-5-8-16-4/h11-13H,5-10,15H2,1-4H3. The zero-order chi connectivity index (χ0) is 12.9. The highest BCUT2D eigenvalue weighted by Gasteiger charge is 2.34. The van der Waals surface area contributed by atoms with E-state index < -0.39 is 0 Å². The van der Waals surface area contributed by atoms with E-state index in [0.29, 0.717) is 16.7 Å². The predicted octanol–water partition coefficient (Wildman–Crippen LogP) is 3.30. The van der Waals surface area contributed by atoms with Gasteiger partial charge in [-0.15, -0.1) is 0 Å². The van der Waals surface area contributed by atoms with Crippen molar-refractivity contribution in [3.05, 3.63) is 0 Å². The molecule has 0 saturated heterocycles. The number of methoxy groups -OCH3 is 1. The lowest BCUT2D eigenvalue weighted by molar-refractivity contribution is 0.174. The highest BCUT2D eigenvalue weighted by atomic mass is 32.2. The van der Waals surface area contributed by atoms with Gasteiger partial charge < -0.3 is 10.5 Å². The topological polar surface area (TPSA) is 35.2 Å². The lowest BCUT2D eigenvalue weighted by Crippen LogP contribution is -2.41. The lowest BCUT2D eigenvalue weighted by atomic mass is 9.71. The van der Waals surface area contributed by atoms with Crippen molar-refractivity contribution in [2.75, 3.05) is 19.5 Å². The maximum Gasteiger partial charge on any atom is 0.0470 e. The molecule has 1 fully saturated rings. The van der Waals surface area contributed by atoms with Crippen LogP contribution in [0.5, 0.6) is 0 Å². The second-order valence-corrected chi connectivity index (χ2v) is 7.64. The molecular formula is C14H29NOS. The van der Waals surface area contributed by atoms with E-state index in [4.69, 9.17) is 10.5 Å². The van der Waals surface area contributed by atoms with Crippen LogP contribution in [0.4, 0.5) is 0 Å². The maximum absolute atomic E-state index is 6.25. The maximum atomic E-state index is 6.25. The van der Waals surface area contributed by atoms with Gasteiger partial charge in [0.15, 0.2) is 0 Å². The summed E-state index contributed by atoms with van der Waals surface area (Å²) in [5.74, 6) is 2.02. The highest BCUT2D eigenvalue weighted by molar-refractivity contribution is 7.99. The second-order valence-electron chi connectivity index (χ2n) is 6.30. The van der Waals surface area contributed by atoms with Crippen LogP contribution in [0.1, 0.15) is 46.5 Å². The summed E-state index contributed by atoms with van der Waals surface area (Å²) in [6.45, 7) is 7.96. The quantitative estimate of drug-likeness (QED) is 0.769. The average molecular weight is 259 g/mol. The van der Waals surface area contributed by atoms with Gasteiger partial charge >= 0.3 is 0 Å². The van der Waals surface area contributed by atoms with E-state index in [2.05, 4.69) is 32.5 Å². The monoisotopic (exact) mass is 259 g/mol. The first-order valence-corrected chi connectivity index (χ1v) is 7.86. The Morgan fingerprint density at radius 3 is 2.59 bits per heavy atom. The molecule has 0 spiro atoms. The molecule has 3 unspecified atom stereocenters. The molecule has 0 heterocycles. The molecule has 0 radical (unpaired) electrons. The van der Waals surface area contributed by atoms with Crippen LogP contribution in [-0.2, 0) is 4.74 Å². The summed E-state index contributed by atoms with van der Waals surface area (Å²) >= 11 is 2.06. The number of hydrogen-bond donors (Lipinski definition) is 1. The molecular weight excluding hydrogens is 230 g/mol. The Balaban J connectivity index is 2.36. The Hall–Kier alpha value is 0.270. The summed E-state index contributed by atoms with van der Waals surface area (Å²) in [5.41, 5.74) is 6.68. The van der Waals surface area contributed by atoms with E-state index in [-0.39, 0.29) is 0 Å². The largest absolute Gasteiger partial charge is 0.385 e. The predicted molar refractivity (Wildman–Crippen MR) is 77.5 cm³/mol. The first kappa shape index (κ1) is 15.3. The van der Waals surface area contributed by atoms with Crippen LogP contribution in [0.15, 0.2) is 0 Å². The van der Waals surface area contributed by atoms with Gasteiger partial charge in [-0.05, 0) is 42.8 Å². The van der Waals surface area contributed by atoms with Crippen molar-refractivity contribution in [1.82, 2.24) is 0 Å². The molecule has 0 bridgehead atoms. The molecule has 17 heavy (non-hydrogen) atoms. The summed E-state index contributed by atoms with van der Waals surface area (Å²) < 4.78 is 5.09. The van der Waals surface area contributed by atoms with Gasteiger partial charge in [-0.25, -0.2) is 0 Å². The zero-order valence-electron chi connectivity index (χ0n) is 11.9. The van der Waals surface area contributed by atoms with Gasteiger partial charge in [-0.3, -0.25) is 0 Å². The summed E-state index contributed by atoms with van der Waals surface area (Å²) in [6.07, 6.45) is 4.94. The van der Waals surface area contributed by atoms with Crippen LogP contribution in [0, 0.1) is 11.3 Å². The van der Waals surface area contributed by atoms with Crippen molar-refractivity contribution in [2.24, 2.45) is 17.1 Å². The van der Waals surface area contributed by atoms with E-state index in [1.54, 1.807) is 7.11 Å². The van der Waals surface area contributed by atoms with E-state index in [0.717, 1.165) is 18.9 Å². The van der Waals surface area contributed by atoms with Gasteiger partial charge in [0, 0.05) is 25.0 Å². The van der Waals surface area contributed by atoms with Gasteiger partial charge in [0.2, 0.25) is 0 Å². The van der Waals surface area contributed by atoms with Gasteiger partial charge in [0.1, 0.15) is 0 Å². The van der Waals surface area contributed by atoms with Crippen LogP contribution >= 0.6 is 11.8 Å². The minimum absolute atomic E-state index is 0.404. The molecule has 3 atom stereocenters. The van der Waals surface area contributed by atoms with E-state index >= 15 is 0 Å². The third-order valence-corrected chi connectivity index (χ3v) is 5.39. The SMILES string of the molecule is COCCCSC1CC(C(C)(C)C)CCC1N. The third-order valence-electron chi connectivity index (χ3n) is 3.89. The van der Waals surface area contributed by atoms with E-state index in [1.807, 2.05) is 0 Å². The van der Waals surface area contributed by atoms with Crippen molar-refractivity contribution in [3.8, 4) is 0 Å². The molecule has 3 heteroatoms. The molecule has 2 N–H and O–H groups in total. The van der Waals surface area contributed by atoms with Crippen molar-refractivity contribution in [1.29, 1.82) is 0 Å². The van der Waals surface area contributed by atoms with E-state index in [1.165, 1.54) is 25.0 Å². The van der Waals surface area contributed by atoms with E-state index in [9.17, 15) is 0 Å². The number of nitrogens with two attached hydrogens (primary N) is 1. The first-order valence-electron chi connectivity index (χ1n) is 6.81. The molecule has 0 aromatic carbocycles. The van der Waals surface area contributed by atoms with Crippen molar-refractivity contribution in [3.63, 3.8) is 0 Å². The van der Waals surface area contributed by atoms with Crippen LogP contribution in [0.25, 0.3) is 0 Å². The molecule has 1 aliphatic rings. The Kier molecular flexibility index (Phi) is 6.32. The van der Waals surface area contributed by atoms with Crippen molar-refractivity contribution >= 4 is 11.8 Å². The highest BCUT2D eigenvalue weighted by Crippen LogP contribution is 2.41. The van der Waals surface area contributed by atoms with Crippen LogP contribution < -0.4 is 5.73 Å². The van der Waals surface area contributed by atoms with Crippen LogP contribution in [0.2, 0.25) is 0 Å². The molecule has 0 amide bonds. The molecule has 0 aromatic rings. The number of rotatable bonds is 5. The lowest BCUT2D eigenvalue weighted by Gasteiger charge is -2.40. The molecule has 0 aromatic heterocycles. The molecule has 102 valence electrons. The Morgan fingerprint density at radius 1 is 1.29 bits per heavy atom. The summed E-state index contributed by atoms with van der Waals surface area (Å²) in [7, 11) is 1.77. The van der Waals surface area contributed by atoms with Crippen molar-refractivity contribution < 1.29 is 4.74 Å². The fourth-order valence-electron chi connectivity index (χ4n) is 2.57. The van der Waals surface area contributed by atoms with Crippen molar-refractivity contribution in [2.45, 2.75) is 57.7 Å². The second kappa shape index (κ2) is 7.01. The van der Waals surface area contributed by atoms with Crippen LogP contribution in [0.3, 0.4) is 0 Å². The fourth-order valence-corrected chi connectivity index (χ4v) is 3.91. The van der Waals surface area contributed by atoms with Gasteiger partial charge in [0.05, 0.1) is 0 Å². The third kappa shape index (κ3) is 5.19. The molecule has 1 aliphatic carbocycles. The zero-order valence-corrected chi connectivity index (χ0v) is 12.7. The Labute approximate surface area is 111 Å². The summed E-state index contributed by atoms with van der Waals surface area (Å²) in [4.78, 5) is 0. The smallest absolute Gasteiger partial charge is 0.0470 e. The normalized spacial score (nSPS) is 30.5. The minimum atomic E-state index is 0.404. The van der Waals surface area contributed by atoms with Crippen LogP contribution in [-0.4, -0.2) is 30.8 Å². The number of thioether (sulfide) groups is 1. The fraction of sp³-hybridized carbons (Fsp3) is 1.00. The van der Waals surface area contributed by atoms with Gasteiger partial charge in [0.25, 0.3) is 0 Å². The summed E-state index contributed by atoms with van der Waals surface area (Å²) in [6, 6.07) is 0.404. The van der Waals surface area contributed by atoms with Gasteiger partial charge in [-0.2, -0.15) is 11.8 Å². The Morgan fingerprint density at radius 2 is 2.00 bits per heavy atom. The minimum Gasteiger partial charge on any atom is -0.385 e. The first-order chi connectivity index (χ1) is 7.95. The van der Waals surface area contributed by atoms with Gasteiger partial charge in [-0.1, -0.05) is 20.8 Å². The summed E-state index contributed by atoms with van der Waals surface area (Å²) in [5, 5.41) is 0.657. The molecule has 2 nitrogen and oxygen atoms in total. The average Bonchev–Trinajstić information content (AvgIpc) is 2.25. The molecule has 1 rings (SSSR count). The Bertz CT molecular complexity index is 215. The number of hydrogen-bond acceptors (Lipinski definition) is 3. The number of ether oxygens (including phenoxy) is 1. The molecule has 1 saturated carbocycles. The molecule has 0 aliphatic heterocycles.